The SMILES string of the molecule is CC(=O)c1cccc(NC(=O)[C@H](C)Sc2nnc(-c3ccc(Br)cc3)o2)c1. The Balaban J connectivity index is 1.64. The smallest absolute Gasteiger partial charge is 0.277 e. The normalized spacial score (nSPS) is 11.8. The first-order chi connectivity index (χ1) is 12.9. The van der Waals surface area contributed by atoms with Crippen LogP contribution >= 0.6 is 27.7 Å². The van der Waals surface area contributed by atoms with Crippen LogP contribution in [0.3, 0.4) is 0 Å². The summed E-state index contributed by atoms with van der Waals surface area (Å²) in [6.07, 6.45) is 0. The van der Waals surface area contributed by atoms with E-state index >= 15 is 0 Å². The fraction of sp³-hybridized carbons (Fsp3) is 0.158. The van der Waals surface area contributed by atoms with Gasteiger partial charge >= 0.3 is 0 Å². The maximum absolute atomic E-state index is 12.4. The van der Waals surface area contributed by atoms with Gasteiger partial charge in [0.1, 0.15) is 0 Å². The molecule has 1 N–H and O–H groups in total. The van der Waals surface area contributed by atoms with Crippen LogP contribution in [0.15, 0.2) is 62.6 Å². The van der Waals surface area contributed by atoms with E-state index in [0.717, 1.165) is 10.0 Å². The summed E-state index contributed by atoms with van der Waals surface area (Å²) in [6.45, 7) is 3.23. The van der Waals surface area contributed by atoms with Crippen molar-refractivity contribution in [3.05, 3.63) is 58.6 Å². The second kappa shape index (κ2) is 8.49. The summed E-state index contributed by atoms with van der Waals surface area (Å²) in [5.74, 6) is 0.121. The minimum atomic E-state index is -0.454. The van der Waals surface area contributed by atoms with Crippen LogP contribution in [0.4, 0.5) is 5.69 Å². The monoisotopic (exact) mass is 445 g/mol. The molecular weight excluding hydrogens is 430 g/mol. The molecule has 2 aromatic carbocycles. The van der Waals surface area contributed by atoms with Crippen molar-refractivity contribution in [3.63, 3.8) is 0 Å². The molecule has 0 aliphatic rings. The van der Waals surface area contributed by atoms with E-state index in [9.17, 15) is 9.59 Å². The van der Waals surface area contributed by atoms with Crippen molar-refractivity contribution in [2.75, 3.05) is 5.32 Å². The predicted octanol–water partition coefficient (Wildman–Crippen LogP) is 4.82. The van der Waals surface area contributed by atoms with Gasteiger partial charge < -0.3 is 9.73 Å². The second-order valence-corrected chi connectivity index (χ2v) is 7.97. The quantitative estimate of drug-likeness (QED) is 0.432. The average molecular weight is 446 g/mol. The Hall–Kier alpha value is -2.45. The van der Waals surface area contributed by atoms with Gasteiger partial charge in [0, 0.05) is 21.3 Å². The van der Waals surface area contributed by atoms with Crippen LogP contribution in [0.25, 0.3) is 11.5 Å². The van der Waals surface area contributed by atoms with Gasteiger partial charge in [0.15, 0.2) is 5.78 Å². The van der Waals surface area contributed by atoms with Crippen LogP contribution < -0.4 is 5.32 Å². The zero-order valence-electron chi connectivity index (χ0n) is 14.6. The minimum absolute atomic E-state index is 0.0557. The number of nitrogens with one attached hydrogen (secondary N) is 1. The number of Topliss-reactive ketones (excluding diaryl/α,β-unsaturated/α-hetero) is 1. The molecule has 1 amide bonds. The number of anilines is 1. The Labute approximate surface area is 168 Å². The molecule has 6 nitrogen and oxygen atoms in total. The van der Waals surface area contributed by atoms with E-state index in [4.69, 9.17) is 4.42 Å². The predicted molar refractivity (Wildman–Crippen MR) is 108 cm³/mol. The number of amides is 1. The number of thioether (sulfide) groups is 1. The highest BCUT2D eigenvalue weighted by atomic mass is 79.9. The highest BCUT2D eigenvalue weighted by molar-refractivity contribution is 9.10. The number of hydrogen-bond acceptors (Lipinski definition) is 6. The Morgan fingerprint density at radius 2 is 1.89 bits per heavy atom. The lowest BCUT2D eigenvalue weighted by Gasteiger charge is -2.10. The van der Waals surface area contributed by atoms with Gasteiger partial charge in [0.2, 0.25) is 11.8 Å². The molecule has 1 heterocycles. The zero-order valence-corrected chi connectivity index (χ0v) is 17.0. The number of carbonyl (C=O) groups excluding carboxylic acids is 2. The lowest BCUT2D eigenvalue weighted by atomic mass is 10.1. The highest BCUT2D eigenvalue weighted by Crippen LogP contribution is 2.27. The molecule has 0 bridgehead atoms. The molecule has 0 saturated carbocycles. The van der Waals surface area contributed by atoms with Crippen molar-refractivity contribution < 1.29 is 14.0 Å². The standard InChI is InChI=1S/C19H16BrN3O3S/c1-11(24)14-4-3-5-16(10-14)21-17(25)12(2)27-19-23-22-18(26-19)13-6-8-15(20)9-7-13/h3-10,12H,1-2H3,(H,21,25)/t12-/m0/s1. The number of benzene rings is 2. The van der Waals surface area contributed by atoms with Gasteiger partial charge in [0.25, 0.3) is 5.22 Å². The molecule has 0 aliphatic carbocycles. The summed E-state index contributed by atoms with van der Waals surface area (Å²) in [7, 11) is 0. The molecule has 0 fully saturated rings. The van der Waals surface area contributed by atoms with Crippen molar-refractivity contribution in [1.29, 1.82) is 0 Å². The molecule has 27 heavy (non-hydrogen) atoms. The van der Waals surface area contributed by atoms with Crippen LogP contribution in [0.5, 0.6) is 0 Å². The van der Waals surface area contributed by atoms with E-state index in [0.29, 0.717) is 22.4 Å². The van der Waals surface area contributed by atoms with Crippen molar-refractivity contribution in [1.82, 2.24) is 10.2 Å². The van der Waals surface area contributed by atoms with Gasteiger partial charge in [-0.3, -0.25) is 9.59 Å². The molecular formula is C19H16BrN3O3S. The summed E-state index contributed by atoms with van der Waals surface area (Å²) >= 11 is 4.55. The first-order valence-electron chi connectivity index (χ1n) is 8.10. The third-order valence-corrected chi connectivity index (χ3v) is 5.14. The molecule has 1 atom stereocenters. The van der Waals surface area contributed by atoms with Crippen molar-refractivity contribution >= 4 is 45.1 Å². The lowest BCUT2D eigenvalue weighted by Crippen LogP contribution is -2.22. The second-order valence-electron chi connectivity index (χ2n) is 5.77. The van der Waals surface area contributed by atoms with E-state index < -0.39 is 5.25 Å². The van der Waals surface area contributed by atoms with Gasteiger partial charge in [-0.15, -0.1) is 10.2 Å². The number of rotatable bonds is 6. The number of halogens is 1. The van der Waals surface area contributed by atoms with Gasteiger partial charge in [-0.2, -0.15) is 0 Å². The van der Waals surface area contributed by atoms with Crippen LogP contribution in [0, 0.1) is 0 Å². The molecule has 8 heteroatoms. The zero-order chi connectivity index (χ0) is 19.4. The number of nitrogens with zero attached hydrogens (tertiary/aromatic N) is 2. The molecule has 138 valence electrons. The molecule has 3 aromatic rings. The summed E-state index contributed by atoms with van der Waals surface area (Å²) in [6, 6.07) is 14.3. The highest BCUT2D eigenvalue weighted by Gasteiger charge is 2.19. The van der Waals surface area contributed by atoms with Crippen molar-refractivity contribution in [2.45, 2.75) is 24.3 Å². The molecule has 0 aliphatic heterocycles. The van der Waals surface area contributed by atoms with Gasteiger partial charge in [-0.05, 0) is 50.2 Å². The molecule has 0 radical (unpaired) electrons. The van der Waals surface area contributed by atoms with E-state index in [1.54, 1.807) is 31.2 Å². The van der Waals surface area contributed by atoms with Crippen molar-refractivity contribution in [2.24, 2.45) is 0 Å². The Morgan fingerprint density at radius 3 is 2.59 bits per heavy atom. The minimum Gasteiger partial charge on any atom is -0.411 e. The van der Waals surface area contributed by atoms with Gasteiger partial charge in [0.05, 0.1) is 5.25 Å². The number of carbonyl (C=O) groups is 2. The fourth-order valence-electron chi connectivity index (χ4n) is 2.23. The summed E-state index contributed by atoms with van der Waals surface area (Å²) < 4.78 is 6.59. The molecule has 0 unspecified atom stereocenters. The Morgan fingerprint density at radius 1 is 1.15 bits per heavy atom. The number of ketones is 1. The third kappa shape index (κ3) is 5.05. The van der Waals surface area contributed by atoms with E-state index in [1.807, 2.05) is 24.3 Å². The molecule has 1 aromatic heterocycles. The van der Waals surface area contributed by atoms with Gasteiger partial charge in [-0.25, -0.2) is 0 Å². The molecule has 0 saturated heterocycles. The van der Waals surface area contributed by atoms with E-state index in [-0.39, 0.29) is 11.7 Å². The third-order valence-electron chi connectivity index (χ3n) is 3.68. The molecule has 3 rings (SSSR count). The maximum atomic E-state index is 12.4. The molecule has 0 spiro atoms. The lowest BCUT2D eigenvalue weighted by molar-refractivity contribution is -0.115. The maximum Gasteiger partial charge on any atom is 0.277 e. The summed E-state index contributed by atoms with van der Waals surface area (Å²) in [4.78, 5) is 23.8. The van der Waals surface area contributed by atoms with E-state index in [2.05, 4.69) is 31.4 Å². The van der Waals surface area contributed by atoms with Crippen LogP contribution in [-0.4, -0.2) is 27.1 Å². The first-order valence-corrected chi connectivity index (χ1v) is 9.77. The van der Waals surface area contributed by atoms with Crippen LogP contribution in [0.2, 0.25) is 0 Å². The van der Waals surface area contributed by atoms with Crippen LogP contribution in [0.1, 0.15) is 24.2 Å². The largest absolute Gasteiger partial charge is 0.411 e. The van der Waals surface area contributed by atoms with Crippen molar-refractivity contribution in [3.8, 4) is 11.5 Å². The number of aromatic nitrogens is 2. The van der Waals surface area contributed by atoms with Crippen LogP contribution in [-0.2, 0) is 4.79 Å². The topological polar surface area (TPSA) is 85.1 Å². The van der Waals surface area contributed by atoms with E-state index in [1.165, 1.54) is 18.7 Å². The Kier molecular flexibility index (Phi) is 6.08. The van der Waals surface area contributed by atoms with Gasteiger partial charge in [-0.1, -0.05) is 39.8 Å². The number of hydrogen-bond donors (Lipinski definition) is 1. The fourth-order valence-corrected chi connectivity index (χ4v) is 3.18. The first kappa shape index (κ1) is 19.3. The average Bonchev–Trinajstić information content (AvgIpc) is 3.11. The Bertz CT molecular complexity index is 972. The summed E-state index contributed by atoms with van der Waals surface area (Å²) in [5, 5.41) is 10.7. The summed E-state index contributed by atoms with van der Waals surface area (Å²) in [5.41, 5.74) is 1.92.